The van der Waals surface area contributed by atoms with Gasteiger partial charge in [-0.2, -0.15) is 0 Å². The van der Waals surface area contributed by atoms with E-state index in [0.717, 1.165) is 19.4 Å². The highest BCUT2D eigenvalue weighted by atomic mass is 16.5. The molecule has 3 aliphatic rings. The molecular formula is C20H32N4O2. The molecule has 0 bridgehead atoms. The van der Waals surface area contributed by atoms with Crippen molar-refractivity contribution in [2.75, 3.05) is 26.7 Å². The van der Waals surface area contributed by atoms with Gasteiger partial charge in [0.2, 0.25) is 0 Å². The van der Waals surface area contributed by atoms with Gasteiger partial charge in [0.15, 0.2) is 0 Å². The molecule has 3 heterocycles. The molecule has 3 unspecified atom stereocenters. The van der Waals surface area contributed by atoms with Crippen molar-refractivity contribution < 1.29 is 9.53 Å². The number of likely N-dealkylation sites (tertiary alicyclic amines) is 2. The third-order valence-electron chi connectivity index (χ3n) is 7.13. The fourth-order valence-corrected chi connectivity index (χ4v) is 5.51. The first-order chi connectivity index (χ1) is 12.6. The van der Waals surface area contributed by atoms with Crippen LogP contribution in [0.25, 0.3) is 0 Å². The molecule has 1 amide bonds. The van der Waals surface area contributed by atoms with E-state index in [1.54, 1.807) is 0 Å². The standard InChI is InChI=1S/C20H32N4O2/c1-14-13-21-19(22(14)2)15-6-9-23(10-7-15)17-4-5-18-16(12-17)8-11-24(18)20(25)26-3/h13,15-18H,4-12H2,1-3H3. The zero-order valence-corrected chi connectivity index (χ0v) is 16.4. The van der Waals surface area contributed by atoms with Crippen LogP contribution in [0.4, 0.5) is 4.79 Å². The summed E-state index contributed by atoms with van der Waals surface area (Å²) in [5.41, 5.74) is 1.25. The number of ether oxygens (including phenoxy) is 1. The summed E-state index contributed by atoms with van der Waals surface area (Å²) in [6.45, 7) is 5.36. The van der Waals surface area contributed by atoms with E-state index in [-0.39, 0.29) is 6.09 Å². The second kappa shape index (κ2) is 7.22. The number of amides is 1. The fourth-order valence-electron chi connectivity index (χ4n) is 5.51. The Bertz CT molecular complexity index is 650. The maximum atomic E-state index is 11.9. The number of carbonyl (C=O) groups excluding carboxylic acids is 1. The summed E-state index contributed by atoms with van der Waals surface area (Å²) in [5, 5.41) is 0. The van der Waals surface area contributed by atoms with E-state index in [1.807, 2.05) is 11.1 Å². The lowest BCUT2D eigenvalue weighted by atomic mass is 9.80. The molecule has 1 aromatic rings. The van der Waals surface area contributed by atoms with E-state index in [9.17, 15) is 4.79 Å². The van der Waals surface area contributed by atoms with Crippen molar-refractivity contribution in [1.29, 1.82) is 0 Å². The molecular weight excluding hydrogens is 328 g/mol. The summed E-state index contributed by atoms with van der Waals surface area (Å²) >= 11 is 0. The summed E-state index contributed by atoms with van der Waals surface area (Å²) < 4.78 is 7.22. The quantitative estimate of drug-likeness (QED) is 0.814. The number of hydrogen-bond acceptors (Lipinski definition) is 4. The van der Waals surface area contributed by atoms with Gasteiger partial charge in [-0.25, -0.2) is 9.78 Å². The van der Waals surface area contributed by atoms with E-state index >= 15 is 0 Å². The van der Waals surface area contributed by atoms with Gasteiger partial charge in [-0.3, -0.25) is 0 Å². The smallest absolute Gasteiger partial charge is 0.409 e. The zero-order chi connectivity index (χ0) is 18.3. The van der Waals surface area contributed by atoms with Gasteiger partial charge in [-0.15, -0.1) is 0 Å². The molecule has 0 aromatic carbocycles. The van der Waals surface area contributed by atoms with Crippen molar-refractivity contribution in [3.63, 3.8) is 0 Å². The minimum absolute atomic E-state index is 0.137. The van der Waals surface area contributed by atoms with Crippen molar-refractivity contribution in [3.8, 4) is 0 Å². The molecule has 0 spiro atoms. The Balaban J connectivity index is 1.32. The molecule has 2 aliphatic heterocycles. The fraction of sp³-hybridized carbons (Fsp3) is 0.800. The van der Waals surface area contributed by atoms with Gasteiger partial charge in [-0.1, -0.05) is 0 Å². The van der Waals surface area contributed by atoms with Crippen LogP contribution in [0, 0.1) is 12.8 Å². The molecule has 4 rings (SSSR count). The highest BCUT2D eigenvalue weighted by Gasteiger charge is 2.43. The van der Waals surface area contributed by atoms with Gasteiger partial charge in [0, 0.05) is 43.5 Å². The number of fused-ring (bicyclic) bond motifs is 1. The van der Waals surface area contributed by atoms with Crippen LogP contribution >= 0.6 is 0 Å². The summed E-state index contributed by atoms with van der Waals surface area (Å²) in [7, 11) is 3.63. The number of imidazole rings is 1. The molecule has 2 saturated heterocycles. The molecule has 144 valence electrons. The summed E-state index contributed by atoms with van der Waals surface area (Å²) in [6.07, 6.45) is 9.00. The molecule has 0 radical (unpaired) electrons. The Kier molecular flexibility index (Phi) is 4.95. The van der Waals surface area contributed by atoms with Gasteiger partial charge in [-0.05, 0) is 64.5 Å². The molecule has 3 atom stereocenters. The first kappa shape index (κ1) is 17.8. The minimum Gasteiger partial charge on any atom is -0.453 e. The number of aromatic nitrogens is 2. The van der Waals surface area contributed by atoms with Crippen molar-refractivity contribution in [2.45, 2.75) is 63.5 Å². The van der Waals surface area contributed by atoms with Crippen LogP contribution < -0.4 is 0 Å². The van der Waals surface area contributed by atoms with Crippen LogP contribution in [0.2, 0.25) is 0 Å². The molecule has 0 N–H and O–H groups in total. The van der Waals surface area contributed by atoms with E-state index in [4.69, 9.17) is 4.74 Å². The van der Waals surface area contributed by atoms with Crippen molar-refractivity contribution >= 4 is 6.09 Å². The van der Waals surface area contributed by atoms with E-state index < -0.39 is 0 Å². The lowest BCUT2D eigenvalue weighted by Gasteiger charge is -2.43. The number of hydrogen-bond donors (Lipinski definition) is 0. The van der Waals surface area contributed by atoms with E-state index in [1.165, 1.54) is 57.4 Å². The van der Waals surface area contributed by atoms with E-state index in [2.05, 4.69) is 28.4 Å². The lowest BCUT2D eigenvalue weighted by Crippen LogP contribution is -2.48. The Morgan fingerprint density at radius 1 is 1.15 bits per heavy atom. The normalized spacial score (nSPS) is 30.4. The summed E-state index contributed by atoms with van der Waals surface area (Å²) in [5.74, 6) is 2.51. The number of rotatable bonds is 2. The van der Waals surface area contributed by atoms with Crippen LogP contribution in [0.5, 0.6) is 0 Å². The first-order valence-electron chi connectivity index (χ1n) is 10.1. The second-order valence-electron chi connectivity index (χ2n) is 8.37. The Morgan fingerprint density at radius 3 is 2.58 bits per heavy atom. The highest BCUT2D eigenvalue weighted by molar-refractivity contribution is 5.68. The van der Waals surface area contributed by atoms with Gasteiger partial charge >= 0.3 is 6.09 Å². The number of methoxy groups -OCH3 is 1. The maximum absolute atomic E-state index is 11.9. The Hall–Kier alpha value is -1.56. The first-order valence-corrected chi connectivity index (χ1v) is 10.1. The predicted molar refractivity (Wildman–Crippen MR) is 100 cm³/mol. The SMILES string of the molecule is COC(=O)N1CCC2CC(N3CCC(c4ncc(C)n4C)CC3)CCC21. The molecule has 1 aromatic heterocycles. The predicted octanol–water partition coefficient (Wildman–Crippen LogP) is 2.92. The van der Waals surface area contributed by atoms with Crippen molar-refractivity contribution in [3.05, 3.63) is 17.7 Å². The van der Waals surface area contributed by atoms with Crippen LogP contribution in [-0.2, 0) is 11.8 Å². The maximum Gasteiger partial charge on any atom is 0.409 e. The molecule has 6 heteroatoms. The average Bonchev–Trinajstić information content (AvgIpc) is 3.24. The molecule has 1 aliphatic carbocycles. The van der Waals surface area contributed by atoms with Crippen molar-refractivity contribution in [1.82, 2.24) is 19.4 Å². The zero-order valence-electron chi connectivity index (χ0n) is 16.4. The number of carbonyl (C=O) groups is 1. The summed E-state index contributed by atoms with van der Waals surface area (Å²) in [4.78, 5) is 21.3. The number of aryl methyl sites for hydroxylation is 1. The monoisotopic (exact) mass is 360 g/mol. The van der Waals surface area contributed by atoms with Crippen LogP contribution in [-0.4, -0.2) is 64.3 Å². The van der Waals surface area contributed by atoms with Crippen LogP contribution in [0.15, 0.2) is 6.20 Å². The molecule has 1 saturated carbocycles. The summed E-state index contributed by atoms with van der Waals surface area (Å²) in [6, 6.07) is 1.10. The van der Waals surface area contributed by atoms with Gasteiger partial charge in [0.1, 0.15) is 5.82 Å². The molecule has 6 nitrogen and oxygen atoms in total. The topological polar surface area (TPSA) is 50.6 Å². The molecule has 26 heavy (non-hydrogen) atoms. The number of nitrogens with zero attached hydrogens (tertiary/aromatic N) is 4. The minimum atomic E-state index is -0.137. The third-order valence-corrected chi connectivity index (χ3v) is 7.13. The van der Waals surface area contributed by atoms with Gasteiger partial charge in [0.25, 0.3) is 0 Å². The highest BCUT2D eigenvalue weighted by Crippen LogP contribution is 2.39. The lowest BCUT2D eigenvalue weighted by molar-refractivity contribution is 0.0675. The van der Waals surface area contributed by atoms with Gasteiger partial charge in [0.05, 0.1) is 7.11 Å². The number of piperidine rings is 1. The van der Waals surface area contributed by atoms with Crippen LogP contribution in [0.1, 0.15) is 56.0 Å². The Morgan fingerprint density at radius 2 is 1.92 bits per heavy atom. The Labute approximate surface area is 156 Å². The largest absolute Gasteiger partial charge is 0.453 e. The van der Waals surface area contributed by atoms with Gasteiger partial charge < -0.3 is 19.1 Å². The third kappa shape index (κ3) is 3.13. The second-order valence-corrected chi connectivity index (χ2v) is 8.37. The van der Waals surface area contributed by atoms with Crippen molar-refractivity contribution in [2.24, 2.45) is 13.0 Å². The van der Waals surface area contributed by atoms with Crippen LogP contribution in [0.3, 0.4) is 0 Å². The average molecular weight is 361 g/mol. The van der Waals surface area contributed by atoms with E-state index in [0.29, 0.717) is 23.9 Å². The molecule has 3 fully saturated rings.